The second-order valence-corrected chi connectivity index (χ2v) is 7.37. The van der Waals surface area contributed by atoms with E-state index < -0.39 is 11.6 Å². The van der Waals surface area contributed by atoms with Gasteiger partial charge >= 0.3 is 0 Å². The average molecular weight is 321 g/mol. The van der Waals surface area contributed by atoms with E-state index >= 15 is 0 Å². The molecule has 1 aliphatic carbocycles. The van der Waals surface area contributed by atoms with Gasteiger partial charge in [0.15, 0.2) is 11.6 Å². The van der Waals surface area contributed by atoms with Crippen LogP contribution in [-0.2, 0) is 4.79 Å². The molecule has 1 aromatic rings. The topological polar surface area (TPSA) is 20.3 Å². The molecule has 3 unspecified atom stereocenters. The summed E-state index contributed by atoms with van der Waals surface area (Å²) in [5.74, 6) is -1.53. The third kappa shape index (κ3) is 3.31. The van der Waals surface area contributed by atoms with Crippen molar-refractivity contribution in [1.29, 1.82) is 0 Å². The van der Waals surface area contributed by atoms with Crippen molar-refractivity contribution in [3.8, 4) is 0 Å². The summed E-state index contributed by atoms with van der Waals surface area (Å²) in [5.41, 5.74) is 1.74. The van der Waals surface area contributed by atoms with Gasteiger partial charge in [0, 0.05) is 7.05 Å². The Morgan fingerprint density at radius 3 is 2.39 bits per heavy atom. The Morgan fingerprint density at radius 2 is 1.87 bits per heavy atom. The quantitative estimate of drug-likeness (QED) is 0.735. The molecule has 1 aliphatic rings. The van der Waals surface area contributed by atoms with Gasteiger partial charge in [-0.05, 0) is 49.8 Å². The summed E-state index contributed by atoms with van der Waals surface area (Å²) in [5, 5.41) is 0. The maximum Gasteiger partial charge on any atom is 0.227 e. The molecule has 4 heteroatoms. The summed E-state index contributed by atoms with van der Waals surface area (Å²) in [6.45, 7) is 10.1. The first-order chi connectivity index (χ1) is 10.6. The zero-order valence-electron chi connectivity index (χ0n) is 14.7. The maximum absolute atomic E-state index is 13.4. The molecule has 1 saturated carbocycles. The highest BCUT2D eigenvalue weighted by Crippen LogP contribution is 2.60. The molecular weight excluding hydrogens is 296 g/mol. The predicted octanol–water partition coefficient (Wildman–Crippen LogP) is 4.72. The van der Waals surface area contributed by atoms with Gasteiger partial charge in [0.05, 0.1) is 12.0 Å². The lowest BCUT2D eigenvalue weighted by atomic mass is 10.0. The van der Waals surface area contributed by atoms with Crippen LogP contribution in [0.1, 0.15) is 46.2 Å². The highest BCUT2D eigenvalue weighted by atomic mass is 19.2. The van der Waals surface area contributed by atoms with Crippen LogP contribution in [0.5, 0.6) is 0 Å². The first-order valence-corrected chi connectivity index (χ1v) is 7.94. The van der Waals surface area contributed by atoms with Gasteiger partial charge in [0.25, 0.3) is 0 Å². The smallest absolute Gasteiger partial charge is 0.227 e. The van der Waals surface area contributed by atoms with E-state index in [9.17, 15) is 13.6 Å². The Morgan fingerprint density at radius 1 is 1.26 bits per heavy atom. The number of rotatable bonds is 4. The molecule has 1 amide bonds. The molecule has 3 atom stereocenters. The van der Waals surface area contributed by atoms with E-state index in [1.54, 1.807) is 11.9 Å². The van der Waals surface area contributed by atoms with E-state index in [2.05, 4.69) is 19.9 Å². The van der Waals surface area contributed by atoms with Gasteiger partial charge in [-0.2, -0.15) is 0 Å². The van der Waals surface area contributed by atoms with Gasteiger partial charge in [0.2, 0.25) is 5.91 Å². The van der Waals surface area contributed by atoms with Crippen LogP contribution < -0.4 is 0 Å². The van der Waals surface area contributed by atoms with Crippen LogP contribution in [0.4, 0.5) is 8.78 Å². The molecule has 1 fully saturated rings. The molecule has 2 rings (SSSR count). The number of allylic oxidation sites excluding steroid dienone is 2. The van der Waals surface area contributed by atoms with Crippen molar-refractivity contribution < 1.29 is 13.6 Å². The first kappa shape index (κ1) is 17.6. The summed E-state index contributed by atoms with van der Waals surface area (Å²) >= 11 is 0. The standard InChI is InChI=1S/C19H25F2NO/c1-11(2)9-14-17(19(14,4)5)18(23)22(6)12(3)13-7-8-15(20)16(21)10-13/h7-10,12,14,17H,1-6H3. The Bertz CT molecular complexity index is 647. The Kier molecular flexibility index (Phi) is 4.65. The maximum atomic E-state index is 13.4. The first-order valence-electron chi connectivity index (χ1n) is 7.94. The molecule has 1 aromatic carbocycles. The summed E-state index contributed by atoms with van der Waals surface area (Å²) in [6.07, 6.45) is 2.15. The van der Waals surface area contributed by atoms with E-state index in [4.69, 9.17) is 0 Å². The lowest BCUT2D eigenvalue weighted by Gasteiger charge is -2.26. The monoisotopic (exact) mass is 321 g/mol. The van der Waals surface area contributed by atoms with E-state index in [0.29, 0.717) is 5.56 Å². The highest BCUT2D eigenvalue weighted by Gasteiger charge is 2.61. The third-order valence-electron chi connectivity index (χ3n) is 5.04. The predicted molar refractivity (Wildman–Crippen MR) is 87.7 cm³/mol. The van der Waals surface area contributed by atoms with Crippen molar-refractivity contribution in [2.24, 2.45) is 17.3 Å². The SMILES string of the molecule is CC(C)=CC1C(C(=O)N(C)C(C)c2ccc(F)c(F)c2)C1(C)C. The zero-order valence-corrected chi connectivity index (χ0v) is 14.7. The molecule has 0 N–H and O–H groups in total. The lowest BCUT2D eigenvalue weighted by molar-refractivity contribution is -0.134. The van der Waals surface area contributed by atoms with Crippen molar-refractivity contribution in [3.63, 3.8) is 0 Å². The fourth-order valence-corrected chi connectivity index (χ4v) is 3.23. The summed E-state index contributed by atoms with van der Waals surface area (Å²) < 4.78 is 26.5. The zero-order chi connectivity index (χ0) is 17.5. The minimum Gasteiger partial charge on any atom is -0.339 e. The van der Waals surface area contributed by atoms with Gasteiger partial charge in [-0.25, -0.2) is 8.78 Å². The van der Waals surface area contributed by atoms with Gasteiger partial charge < -0.3 is 4.90 Å². The number of halogens is 2. The van der Waals surface area contributed by atoms with Crippen LogP contribution in [0.15, 0.2) is 29.8 Å². The van der Waals surface area contributed by atoms with E-state index in [1.165, 1.54) is 11.6 Å². The number of amides is 1. The van der Waals surface area contributed by atoms with Crippen molar-refractivity contribution >= 4 is 5.91 Å². The number of carbonyl (C=O) groups excluding carboxylic acids is 1. The van der Waals surface area contributed by atoms with Crippen LogP contribution in [0.3, 0.4) is 0 Å². The summed E-state index contributed by atoms with van der Waals surface area (Å²) in [7, 11) is 1.72. The molecule has 0 bridgehead atoms. The van der Waals surface area contributed by atoms with Crippen molar-refractivity contribution in [2.45, 2.75) is 40.7 Å². The van der Waals surface area contributed by atoms with Gasteiger partial charge in [-0.15, -0.1) is 0 Å². The average Bonchev–Trinajstić information content (AvgIpc) is 2.99. The molecule has 0 aromatic heterocycles. The largest absolute Gasteiger partial charge is 0.339 e. The Hall–Kier alpha value is -1.71. The second-order valence-electron chi connectivity index (χ2n) is 7.37. The van der Waals surface area contributed by atoms with Crippen LogP contribution in [0.25, 0.3) is 0 Å². The van der Waals surface area contributed by atoms with Crippen LogP contribution in [0, 0.1) is 28.9 Å². The van der Waals surface area contributed by atoms with Gasteiger partial charge in [-0.1, -0.05) is 31.6 Å². The third-order valence-corrected chi connectivity index (χ3v) is 5.04. The minimum absolute atomic E-state index is 0.0507. The van der Waals surface area contributed by atoms with Crippen LogP contribution in [-0.4, -0.2) is 17.9 Å². The molecule has 0 saturated heterocycles. The number of hydrogen-bond acceptors (Lipinski definition) is 1. The van der Waals surface area contributed by atoms with Crippen molar-refractivity contribution in [3.05, 3.63) is 47.0 Å². The van der Waals surface area contributed by atoms with Crippen LogP contribution in [0.2, 0.25) is 0 Å². The highest BCUT2D eigenvalue weighted by molar-refractivity contribution is 5.84. The fourth-order valence-electron chi connectivity index (χ4n) is 3.23. The number of carbonyl (C=O) groups is 1. The molecule has 0 radical (unpaired) electrons. The lowest BCUT2D eigenvalue weighted by Crippen LogP contribution is -2.32. The Labute approximate surface area is 137 Å². The van der Waals surface area contributed by atoms with Gasteiger partial charge in [-0.3, -0.25) is 4.79 Å². The molecule has 0 heterocycles. The molecule has 2 nitrogen and oxygen atoms in total. The molecule has 0 aliphatic heterocycles. The van der Waals surface area contributed by atoms with E-state index in [-0.39, 0.29) is 29.2 Å². The minimum atomic E-state index is -0.885. The number of benzene rings is 1. The van der Waals surface area contributed by atoms with Gasteiger partial charge in [0.1, 0.15) is 0 Å². The summed E-state index contributed by atoms with van der Waals surface area (Å²) in [6, 6.07) is 3.49. The number of nitrogens with zero attached hydrogens (tertiary/aromatic N) is 1. The van der Waals surface area contributed by atoms with E-state index in [0.717, 1.165) is 12.1 Å². The number of hydrogen-bond donors (Lipinski definition) is 0. The second kappa shape index (κ2) is 6.06. The van der Waals surface area contributed by atoms with Crippen molar-refractivity contribution in [2.75, 3.05) is 7.05 Å². The molecular formula is C19H25F2NO. The molecule has 0 spiro atoms. The molecule has 126 valence electrons. The van der Waals surface area contributed by atoms with E-state index in [1.807, 2.05) is 20.8 Å². The Balaban J connectivity index is 2.16. The fraction of sp³-hybridized carbons (Fsp3) is 0.526. The van der Waals surface area contributed by atoms with Crippen LogP contribution >= 0.6 is 0 Å². The molecule has 23 heavy (non-hydrogen) atoms. The normalized spacial score (nSPS) is 23.1. The van der Waals surface area contributed by atoms with Crippen molar-refractivity contribution in [1.82, 2.24) is 4.90 Å². The summed E-state index contributed by atoms with van der Waals surface area (Å²) in [4.78, 5) is 14.4.